The Kier molecular flexibility index (Phi) is 33.0. The van der Waals surface area contributed by atoms with Gasteiger partial charge in [-0.3, -0.25) is 19.2 Å². The summed E-state index contributed by atoms with van der Waals surface area (Å²) < 4.78 is 139. The number of hydrogen-bond donors (Lipinski definition) is 4. The largest absolute Gasteiger partial charge is 0.542 e. The molecule has 4 fully saturated rings. The molecule has 4 aliphatic rings. The highest BCUT2D eigenvalue weighted by atomic mass is 35.5. The van der Waals surface area contributed by atoms with Crippen molar-refractivity contribution in [3.05, 3.63) is 127 Å². The van der Waals surface area contributed by atoms with E-state index >= 15 is 0 Å². The van der Waals surface area contributed by atoms with Crippen molar-refractivity contribution in [2.24, 2.45) is 11.5 Å². The van der Waals surface area contributed by atoms with Gasteiger partial charge in [0.15, 0.2) is 0 Å². The molecule has 2 saturated carbocycles. The number of halogens is 10. The average Bonchev–Trinajstić information content (AvgIpc) is 1.40. The molecule has 2 aliphatic carbocycles. The van der Waals surface area contributed by atoms with Gasteiger partial charge < -0.3 is 69.3 Å². The Labute approximate surface area is 692 Å². The Morgan fingerprint density at radius 2 is 0.819 bits per heavy atom. The maximum Gasteiger partial charge on any atom is 0.430 e. The minimum atomic E-state index is -5.19. The van der Waals surface area contributed by atoms with Crippen LogP contribution in [0.1, 0.15) is 124 Å². The molecule has 4 heterocycles. The monoisotopic (exact) mass is 1750 g/mol. The quantitative estimate of drug-likeness (QED) is 0.0290. The number of piperazine rings is 2. The number of pyridine rings is 2. The SMILES string of the molecule is Cc1cc(C)c2cccc(OCc3c(Cl)ccc(S(=O)(=O)NC4(C(=O)N5CCN(C(=O)C[C@@H](N)CCC[N+](C)(C)C)CC5)CCCC4)c3Cl)c2n1.Cc1cc(C)c2cccc(OCc3c(Cl)ccc(S(=O)(=O)NC4(C(=O)N5CCN(C(=O)C[C@@H](N)CCC[N+](C)(C)C)CC5)CCCC4)c3Cl)c2n1.O=C([O-])C(F)(F)F.O=C([O-])C(F)(F)F. The van der Waals surface area contributed by atoms with E-state index in [2.05, 4.69) is 61.7 Å². The zero-order chi connectivity index (χ0) is 86.4. The number of quaternary nitrogens is 2. The summed E-state index contributed by atoms with van der Waals surface area (Å²) in [6.07, 6.45) is -2.19. The van der Waals surface area contributed by atoms with E-state index in [-0.39, 0.29) is 91.6 Å². The number of nitrogens with two attached hydrogens (primary N) is 2. The summed E-state index contributed by atoms with van der Waals surface area (Å²) in [6, 6.07) is 20.5. The van der Waals surface area contributed by atoms with E-state index < -0.39 is 55.4 Å². The maximum absolute atomic E-state index is 14.1. The zero-order valence-electron chi connectivity index (χ0n) is 66.5. The standard InChI is InChI=1S/2C37H51Cl2N6O5S.2C2HF3O2/c2*1-25-22-26(2)41-35-28(25)11-8-12-31(35)50-24-29-30(38)13-14-32(34(29)39)51(48,49)42-37(15-6-7-16-37)36(47)44-19-17-43(18-20-44)33(46)23-27(40)10-9-21-45(3,4)5;2*3-2(4,5)1(6)7/h2*8,11-14,22,27,42H,6-7,9-10,15-21,23-24,40H2,1-5H3;2*(H,6,7)/q2*+1;;/p-2/t2*27-;;/m00../s1. The number of rotatable bonds is 26. The first-order chi connectivity index (χ1) is 53.9. The molecule has 26 nitrogen and oxygen atoms in total. The van der Waals surface area contributed by atoms with Gasteiger partial charge in [-0.15, -0.1) is 0 Å². The van der Waals surface area contributed by atoms with Gasteiger partial charge in [-0.05, 0) is 139 Å². The van der Waals surface area contributed by atoms with Crippen LogP contribution in [0.3, 0.4) is 0 Å². The van der Waals surface area contributed by atoms with Gasteiger partial charge in [-0.2, -0.15) is 35.8 Å². The Hall–Kier alpha value is -7.48. The van der Waals surface area contributed by atoms with Gasteiger partial charge in [0.2, 0.25) is 43.7 Å². The molecule has 2 saturated heterocycles. The minimum Gasteiger partial charge on any atom is -0.542 e. The second-order valence-electron chi connectivity index (χ2n) is 31.7. The van der Waals surface area contributed by atoms with Crippen LogP contribution >= 0.6 is 46.4 Å². The number of alkyl halides is 6. The Morgan fingerprint density at radius 3 is 1.11 bits per heavy atom. The molecule has 4 amide bonds. The molecule has 0 bridgehead atoms. The molecule has 2 aliphatic heterocycles. The average molecular weight is 1750 g/mol. The number of amides is 4. The molecule has 4 aromatic carbocycles. The third kappa shape index (κ3) is 26.3. The Morgan fingerprint density at radius 1 is 0.517 bits per heavy atom. The molecule has 2 aromatic heterocycles. The van der Waals surface area contributed by atoms with Gasteiger partial charge in [0.05, 0.1) is 65.4 Å². The summed E-state index contributed by atoms with van der Waals surface area (Å²) in [4.78, 5) is 87.6. The van der Waals surface area contributed by atoms with E-state index in [4.69, 9.17) is 87.1 Å². The van der Waals surface area contributed by atoms with Crippen molar-refractivity contribution in [2.45, 2.75) is 176 Å². The van der Waals surface area contributed by atoms with Crippen LogP contribution < -0.4 is 40.6 Å². The van der Waals surface area contributed by atoms with Crippen LogP contribution in [0.4, 0.5) is 26.3 Å². The van der Waals surface area contributed by atoms with Crippen LogP contribution in [-0.2, 0) is 62.0 Å². The normalized spacial score (nSPS) is 16.5. The topological polar surface area (TPSA) is 350 Å². The molecule has 116 heavy (non-hydrogen) atoms. The molecular formula is C78H102Cl4F6N12O14S2. The number of carbonyl (C=O) groups excluding carboxylic acids is 6. The first-order valence-corrected chi connectivity index (χ1v) is 42.2. The lowest BCUT2D eigenvalue weighted by atomic mass is 9.96. The van der Waals surface area contributed by atoms with Crippen LogP contribution in [0.15, 0.2) is 82.6 Å². The highest BCUT2D eigenvalue weighted by Gasteiger charge is 2.50. The van der Waals surface area contributed by atoms with E-state index in [1.807, 2.05) is 64.1 Å². The van der Waals surface area contributed by atoms with Crippen LogP contribution in [0.25, 0.3) is 21.8 Å². The van der Waals surface area contributed by atoms with E-state index in [0.29, 0.717) is 137 Å². The molecule has 6 N–H and O–H groups in total. The van der Waals surface area contributed by atoms with Crippen molar-refractivity contribution >= 4 is 124 Å². The number of aryl methyl sites for hydroxylation is 4. The second-order valence-corrected chi connectivity index (χ2v) is 36.5. The minimum absolute atomic E-state index is 0.0183. The number of benzene rings is 4. The fourth-order valence-electron chi connectivity index (χ4n) is 14.3. The number of ether oxygens (including phenoxy) is 2. The lowest BCUT2D eigenvalue weighted by molar-refractivity contribution is -0.870. The number of sulfonamides is 2. The van der Waals surface area contributed by atoms with Crippen LogP contribution in [-0.4, -0.2) is 234 Å². The van der Waals surface area contributed by atoms with E-state index in [9.17, 15) is 62.4 Å². The van der Waals surface area contributed by atoms with Crippen molar-refractivity contribution in [2.75, 3.05) is 108 Å². The summed E-state index contributed by atoms with van der Waals surface area (Å²) in [5.74, 6) is -5.57. The number of nitrogens with zero attached hydrogens (tertiary/aromatic N) is 8. The number of para-hydroxylation sites is 2. The van der Waals surface area contributed by atoms with Crippen molar-refractivity contribution in [3.8, 4) is 11.5 Å². The Balaban J connectivity index is 0.000000275. The van der Waals surface area contributed by atoms with Crippen LogP contribution in [0.5, 0.6) is 11.5 Å². The number of carbonyl (C=O) groups is 6. The van der Waals surface area contributed by atoms with Gasteiger partial charge >= 0.3 is 12.4 Å². The van der Waals surface area contributed by atoms with E-state index in [0.717, 1.165) is 81.0 Å². The van der Waals surface area contributed by atoms with Crippen LogP contribution in [0, 0.1) is 27.7 Å². The summed E-state index contributed by atoms with van der Waals surface area (Å²) in [6.45, 7) is 12.4. The van der Waals surface area contributed by atoms with Crippen molar-refractivity contribution in [1.82, 2.24) is 39.0 Å². The number of aliphatic carboxylic acids is 2. The summed E-state index contributed by atoms with van der Waals surface area (Å²) >= 11 is 26.7. The number of nitrogens with one attached hydrogen (secondary N) is 2. The lowest BCUT2D eigenvalue weighted by Gasteiger charge is -2.40. The molecule has 38 heteroatoms. The molecule has 2 atom stereocenters. The first kappa shape index (κ1) is 95.7. The van der Waals surface area contributed by atoms with Gasteiger partial charge in [-0.1, -0.05) is 96.4 Å². The smallest absolute Gasteiger partial charge is 0.430 e. The molecule has 0 unspecified atom stereocenters. The highest BCUT2D eigenvalue weighted by Crippen LogP contribution is 2.41. The first-order valence-electron chi connectivity index (χ1n) is 37.7. The lowest BCUT2D eigenvalue weighted by Crippen LogP contribution is -2.61. The molecule has 6 aromatic rings. The number of carboxylic acids is 2. The predicted octanol–water partition coefficient (Wildman–Crippen LogP) is 9.00. The van der Waals surface area contributed by atoms with E-state index in [1.54, 1.807) is 31.7 Å². The molecule has 0 spiro atoms. The number of fused-ring (bicyclic) bond motifs is 2. The third-order valence-electron chi connectivity index (χ3n) is 20.3. The molecular weight excluding hydrogens is 1650 g/mol. The zero-order valence-corrected chi connectivity index (χ0v) is 71.2. The third-order valence-corrected chi connectivity index (χ3v) is 25.2. The molecule has 10 rings (SSSR count). The van der Waals surface area contributed by atoms with Crippen LogP contribution in [0.2, 0.25) is 20.1 Å². The van der Waals surface area contributed by atoms with Gasteiger partial charge in [-0.25, -0.2) is 26.8 Å². The Bertz CT molecular complexity index is 4470. The van der Waals surface area contributed by atoms with E-state index in [1.165, 1.54) is 24.3 Å². The fraction of sp³-hybridized carbons (Fsp3) is 0.538. The number of carboxylic acid groups (broad SMARTS) is 2. The summed E-state index contributed by atoms with van der Waals surface area (Å²) in [5.41, 5.74) is 15.7. The number of hydrogen-bond acceptors (Lipinski definition) is 18. The predicted molar refractivity (Wildman–Crippen MR) is 425 cm³/mol. The maximum atomic E-state index is 14.1. The molecule has 0 radical (unpaired) electrons. The van der Waals surface area contributed by atoms with Gasteiger partial charge in [0, 0.05) is 121 Å². The highest BCUT2D eigenvalue weighted by molar-refractivity contribution is 7.90. The van der Waals surface area contributed by atoms with Crippen molar-refractivity contribution in [3.63, 3.8) is 0 Å². The summed E-state index contributed by atoms with van der Waals surface area (Å²) in [7, 11) is 4.23. The van der Waals surface area contributed by atoms with Gasteiger partial charge in [0.1, 0.15) is 68.6 Å². The molecule has 640 valence electrons. The fourth-order valence-corrected chi connectivity index (χ4v) is 18.9. The number of aromatic nitrogens is 2. The van der Waals surface area contributed by atoms with Crippen molar-refractivity contribution in [1.29, 1.82) is 0 Å². The summed E-state index contributed by atoms with van der Waals surface area (Å²) in [5, 5.41) is 19.8. The second kappa shape index (κ2) is 40.1. The van der Waals surface area contributed by atoms with Crippen molar-refractivity contribution < 1.29 is 101 Å². The van der Waals surface area contributed by atoms with Gasteiger partial charge in [0.25, 0.3) is 0 Å².